The summed E-state index contributed by atoms with van der Waals surface area (Å²) in [5.41, 5.74) is 0.160. The molecule has 1 N–H and O–H groups in total. The van der Waals surface area contributed by atoms with Crippen molar-refractivity contribution in [2.75, 3.05) is 18.5 Å². The summed E-state index contributed by atoms with van der Waals surface area (Å²) in [7, 11) is 0. The standard InChI is InChI=1S/C15H12N2O5/c18-15(16-10-4-2-1-3-5-10)11-8-13-14(22-7-6-21-13)9-12(11)17(19)20/h1-5,8-9H,6-7H2,(H,16,18). The van der Waals surface area contributed by atoms with E-state index in [0.29, 0.717) is 24.7 Å². The maximum Gasteiger partial charge on any atom is 0.286 e. The summed E-state index contributed by atoms with van der Waals surface area (Å²) in [6.07, 6.45) is 0. The number of rotatable bonds is 3. The minimum absolute atomic E-state index is 0.0712. The van der Waals surface area contributed by atoms with Gasteiger partial charge in [-0.1, -0.05) is 18.2 Å². The van der Waals surface area contributed by atoms with Crippen molar-refractivity contribution in [2.45, 2.75) is 0 Å². The molecule has 0 radical (unpaired) electrons. The van der Waals surface area contributed by atoms with Gasteiger partial charge in [-0.3, -0.25) is 14.9 Å². The molecule has 0 saturated carbocycles. The van der Waals surface area contributed by atoms with Gasteiger partial charge < -0.3 is 14.8 Å². The number of nitro groups is 1. The van der Waals surface area contributed by atoms with Crippen LogP contribution in [-0.2, 0) is 0 Å². The van der Waals surface area contributed by atoms with E-state index < -0.39 is 10.8 Å². The molecule has 0 fully saturated rings. The molecular weight excluding hydrogens is 288 g/mol. The van der Waals surface area contributed by atoms with Crippen molar-refractivity contribution in [2.24, 2.45) is 0 Å². The number of nitro benzene ring substituents is 1. The third-order valence-corrected chi connectivity index (χ3v) is 3.13. The predicted molar refractivity (Wildman–Crippen MR) is 78.5 cm³/mol. The summed E-state index contributed by atoms with van der Waals surface area (Å²) < 4.78 is 10.7. The van der Waals surface area contributed by atoms with Crippen molar-refractivity contribution in [1.29, 1.82) is 0 Å². The molecule has 0 saturated heterocycles. The van der Waals surface area contributed by atoms with Crippen LogP contribution in [0.5, 0.6) is 11.5 Å². The molecule has 7 nitrogen and oxygen atoms in total. The van der Waals surface area contributed by atoms with Crippen molar-refractivity contribution in [3.63, 3.8) is 0 Å². The second-order valence-corrected chi connectivity index (χ2v) is 4.59. The highest BCUT2D eigenvalue weighted by molar-refractivity contribution is 6.07. The zero-order chi connectivity index (χ0) is 15.5. The van der Waals surface area contributed by atoms with Crippen molar-refractivity contribution >= 4 is 17.3 Å². The Morgan fingerprint density at radius 1 is 1.09 bits per heavy atom. The lowest BCUT2D eigenvalue weighted by molar-refractivity contribution is -0.385. The Bertz CT molecular complexity index is 730. The van der Waals surface area contributed by atoms with Gasteiger partial charge in [0.25, 0.3) is 11.6 Å². The molecule has 0 bridgehead atoms. The second-order valence-electron chi connectivity index (χ2n) is 4.59. The van der Waals surface area contributed by atoms with Crippen LogP contribution in [0.2, 0.25) is 0 Å². The zero-order valence-corrected chi connectivity index (χ0v) is 11.4. The van der Waals surface area contributed by atoms with Crippen LogP contribution in [0.3, 0.4) is 0 Å². The number of hydrogen-bond donors (Lipinski definition) is 1. The van der Waals surface area contributed by atoms with Gasteiger partial charge in [0.15, 0.2) is 11.5 Å². The average Bonchev–Trinajstić information content (AvgIpc) is 2.54. The number of fused-ring (bicyclic) bond motifs is 1. The van der Waals surface area contributed by atoms with Gasteiger partial charge in [0.05, 0.1) is 11.0 Å². The molecule has 2 aromatic rings. The molecule has 0 spiro atoms. The highest BCUT2D eigenvalue weighted by Crippen LogP contribution is 2.36. The molecule has 2 aromatic carbocycles. The molecule has 1 amide bonds. The van der Waals surface area contributed by atoms with Gasteiger partial charge in [-0.15, -0.1) is 0 Å². The van der Waals surface area contributed by atoms with Crippen LogP contribution in [0, 0.1) is 10.1 Å². The Balaban J connectivity index is 1.97. The molecule has 1 aliphatic rings. The molecule has 7 heteroatoms. The second kappa shape index (κ2) is 5.72. The summed E-state index contributed by atoms with van der Waals surface area (Å²) in [6.45, 7) is 0.657. The quantitative estimate of drug-likeness (QED) is 0.695. The Morgan fingerprint density at radius 3 is 2.36 bits per heavy atom. The van der Waals surface area contributed by atoms with Crippen LogP contribution in [0.1, 0.15) is 10.4 Å². The maximum absolute atomic E-state index is 12.3. The van der Waals surface area contributed by atoms with Gasteiger partial charge in [-0.25, -0.2) is 0 Å². The van der Waals surface area contributed by atoms with E-state index in [1.807, 2.05) is 6.07 Å². The van der Waals surface area contributed by atoms with Gasteiger partial charge in [0.2, 0.25) is 0 Å². The van der Waals surface area contributed by atoms with Crippen LogP contribution in [0.25, 0.3) is 0 Å². The number of carbonyl (C=O) groups is 1. The van der Waals surface area contributed by atoms with Crippen molar-refractivity contribution in [1.82, 2.24) is 0 Å². The normalized spacial score (nSPS) is 12.5. The van der Waals surface area contributed by atoms with E-state index >= 15 is 0 Å². The summed E-state index contributed by atoms with van der Waals surface area (Å²) >= 11 is 0. The van der Waals surface area contributed by atoms with Crippen LogP contribution in [-0.4, -0.2) is 24.0 Å². The van der Waals surface area contributed by atoms with Gasteiger partial charge in [-0.2, -0.15) is 0 Å². The van der Waals surface area contributed by atoms with Crippen molar-refractivity contribution in [3.05, 3.63) is 58.1 Å². The fraction of sp³-hybridized carbons (Fsp3) is 0.133. The number of ether oxygens (including phenoxy) is 2. The van der Waals surface area contributed by atoms with Crippen LogP contribution in [0.15, 0.2) is 42.5 Å². The number of para-hydroxylation sites is 1. The smallest absolute Gasteiger partial charge is 0.286 e. The summed E-state index contributed by atoms with van der Waals surface area (Å²) in [6, 6.07) is 11.3. The molecule has 3 rings (SSSR count). The number of amides is 1. The van der Waals surface area contributed by atoms with E-state index in [1.54, 1.807) is 24.3 Å². The molecule has 0 unspecified atom stereocenters. The first-order valence-electron chi connectivity index (χ1n) is 6.59. The third kappa shape index (κ3) is 2.69. The Labute approximate surface area is 125 Å². The summed E-state index contributed by atoms with van der Waals surface area (Å²) in [5.74, 6) is 0.0270. The molecule has 0 aliphatic carbocycles. The van der Waals surface area contributed by atoms with E-state index in [2.05, 4.69) is 5.32 Å². The number of hydrogen-bond acceptors (Lipinski definition) is 5. The number of carbonyl (C=O) groups excluding carboxylic acids is 1. The van der Waals surface area contributed by atoms with Crippen molar-refractivity contribution < 1.29 is 19.2 Å². The van der Waals surface area contributed by atoms with E-state index in [1.165, 1.54) is 12.1 Å². The Morgan fingerprint density at radius 2 is 1.73 bits per heavy atom. The molecule has 0 aromatic heterocycles. The molecule has 112 valence electrons. The van der Waals surface area contributed by atoms with Gasteiger partial charge in [0, 0.05) is 11.8 Å². The first-order chi connectivity index (χ1) is 10.6. The maximum atomic E-state index is 12.3. The van der Waals surface area contributed by atoms with Gasteiger partial charge in [-0.05, 0) is 12.1 Å². The van der Waals surface area contributed by atoms with Crippen LogP contribution >= 0.6 is 0 Å². The molecule has 1 heterocycles. The lowest BCUT2D eigenvalue weighted by Crippen LogP contribution is -2.18. The van der Waals surface area contributed by atoms with Crippen LogP contribution in [0.4, 0.5) is 11.4 Å². The number of nitrogens with zero attached hydrogens (tertiary/aromatic N) is 1. The van der Waals surface area contributed by atoms with E-state index in [9.17, 15) is 14.9 Å². The minimum Gasteiger partial charge on any atom is -0.486 e. The van der Waals surface area contributed by atoms with E-state index in [-0.39, 0.29) is 17.0 Å². The number of nitrogens with one attached hydrogen (secondary N) is 1. The molecule has 22 heavy (non-hydrogen) atoms. The lowest BCUT2D eigenvalue weighted by atomic mass is 10.1. The van der Waals surface area contributed by atoms with Crippen LogP contribution < -0.4 is 14.8 Å². The topological polar surface area (TPSA) is 90.7 Å². The van der Waals surface area contributed by atoms with E-state index in [4.69, 9.17) is 9.47 Å². The molecular formula is C15H12N2O5. The highest BCUT2D eigenvalue weighted by Gasteiger charge is 2.26. The monoisotopic (exact) mass is 300 g/mol. The number of benzene rings is 2. The zero-order valence-electron chi connectivity index (χ0n) is 11.4. The SMILES string of the molecule is O=C(Nc1ccccc1)c1cc2c(cc1[N+](=O)[O-])OCCO2. The first kappa shape index (κ1) is 13.9. The first-order valence-corrected chi connectivity index (χ1v) is 6.59. The lowest BCUT2D eigenvalue weighted by Gasteiger charge is -2.18. The molecule has 0 atom stereocenters. The number of anilines is 1. The Kier molecular flexibility index (Phi) is 3.61. The Hall–Kier alpha value is -3.09. The largest absolute Gasteiger partial charge is 0.486 e. The minimum atomic E-state index is -0.613. The van der Waals surface area contributed by atoms with E-state index in [0.717, 1.165) is 0 Å². The summed E-state index contributed by atoms with van der Waals surface area (Å²) in [4.78, 5) is 22.9. The molecule has 1 aliphatic heterocycles. The van der Waals surface area contributed by atoms with Gasteiger partial charge in [0.1, 0.15) is 18.8 Å². The third-order valence-electron chi connectivity index (χ3n) is 3.13. The van der Waals surface area contributed by atoms with Crippen molar-refractivity contribution in [3.8, 4) is 11.5 Å². The fourth-order valence-corrected chi connectivity index (χ4v) is 2.13. The average molecular weight is 300 g/mol. The predicted octanol–water partition coefficient (Wildman–Crippen LogP) is 2.62. The van der Waals surface area contributed by atoms with Gasteiger partial charge >= 0.3 is 0 Å². The summed E-state index contributed by atoms with van der Waals surface area (Å²) in [5, 5.41) is 13.8. The fourth-order valence-electron chi connectivity index (χ4n) is 2.13. The highest BCUT2D eigenvalue weighted by atomic mass is 16.6.